The molecule has 1 aliphatic carbocycles. The van der Waals surface area contributed by atoms with Gasteiger partial charge < -0.3 is 9.52 Å². The van der Waals surface area contributed by atoms with Crippen LogP contribution in [0.25, 0.3) is 0 Å². The molecule has 2 rings (SSSR count). The van der Waals surface area contributed by atoms with E-state index < -0.39 is 5.97 Å². The topological polar surface area (TPSA) is 63.3 Å². The monoisotopic (exact) mass is 223 g/mol. The summed E-state index contributed by atoms with van der Waals surface area (Å²) in [5.74, 6) is 0.285. The average Bonchev–Trinajstić information content (AvgIpc) is 2.56. The third-order valence-electron chi connectivity index (χ3n) is 3.11. The molecule has 1 N–H and O–H groups in total. The van der Waals surface area contributed by atoms with Crippen LogP contribution in [-0.4, -0.2) is 16.1 Å². The summed E-state index contributed by atoms with van der Waals surface area (Å²) in [6, 6.07) is 0. The van der Waals surface area contributed by atoms with Crippen molar-refractivity contribution in [3.05, 3.63) is 17.3 Å². The van der Waals surface area contributed by atoms with E-state index in [0.29, 0.717) is 23.9 Å². The van der Waals surface area contributed by atoms with Crippen molar-refractivity contribution in [1.82, 2.24) is 4.98 Å². The van der Waals surface area contributed by atoms with Crippen molar-refractivity contribution in [2.24, 2.45) is 5.92 Å². The molecule has 1 aromatic heterocycles. The van der Waals surface area contributed by atoms with Crippen molar-refractivity contribution in [2.45, 2.75) is 45.4 Å². The van der Waals surface area contributed by atoms with Crippen LogP contribution >= 0.6 is 0 Å². The number of carbonyl (C=O) groups is 1. The van der Waals surface area contributed by atoms with Crippen LogP contribution in [0, 0.1) is 5.92 Å². The third kappa shape index (κ3) is 2.26. The lowest BCUT2D eigenvalue weighted by molar-refractivity contribution is 0.0657. The zero-order valence-corrected chi connectivity index (χ0v) is 9.53. The first-order chi connectivity index (χ1) is 7.70. The second-order valence-corrected chi connectivity index (χ2v) is 4.44. The Hall–Kier alpha value is -1.32. The first kappa shape index (κ1) is 11.2. The molecule has 4 heteroatoms. The van der Waals surface area contributed by atoms with Gasteiger partial charge in [-0.2, -0.15) is 0 Å². The van der Waals surface area contributed by atoms with E-state index in [1.165, 1.54) is 19.3 Å². The molecule has 0 aliphatic heterocycles. The smallest absolute Gasteiger partial charge is 0.373 e. The number of hydrogen-bond acceptors (Lipinski definition) is 3. The van der Waals surface area contributed by atoms with E-state index in [0.717, 1.165) is 12.8 Å². The summed E-state index contributed by atoms with van der Waals surface area (Å²) in [6.45, 7) is 2.01. The number of hydrogen-bond donors (Lipinski definition) is 1. The molecule has 1 saturated carbocycles. The Morgan fingerprint density at radius 1 is 1.56 bits per heavy atom. The summed E-state index contributed by atoms with van der Waals surface area (Å²) < 4.78 is 5.32. The van der Waals surface area contributed by atoms with Gasteiger partial charge in [-0.25, -0.2) is 9.78 Å². The molecular formula is C12H17NO3. The minimum Gasteiger partial charge on any atom is -0.475 e. The summed E-state index contributed by atoms with van der Waals surface area (Å²) in [4.78, 5) is 15.2. The van der Waals surface area contributed by atoms with Crippen LogP contribution in [0.3, 0.4) is 0 Å². The Bertz CT molecular complexity index is 380. The zero-order chi connectivity index (χ0) is 11.5. The highest BCUT2D eigenvalue weighted by atomic mass is 16.4. The molecule has 0 spiro atoms. The average molecular weight is 223 g/mol. The summed E-state index contributed by atoms with van der Waals surface area (Å²) in [7, 11) is 0. The lowest BCUT2D eigenvalue weighted by Crippen LogP contribution is -2.13. The van der Waals surface area contributed by atoms with Gasteiger partial charge in [0.25, 0.3) is 0 Å². The molecule has 1 heterocycles. The fraction of sp³-hybridized carbons (Fsp3) is 0.667. The normalized spacial score (nSPS) is 16.1. The number of rotatable bonds is 5. The summed E-state index contributed by atoms with van der Waals surface area (Å²) in [5.41, 5.74) is 0.601. The third-order valence-corrected chi connectivity index (χ3v) is 3.11. The molecule has 88 valence electrons. The van der Waals surface area contributed by atoms with Gasteiger partial charge in [-0.1, -0.05) is 19.8 Å². The summed E-state index contributed by atoms with van der Waals surface area (Å²) >= 11 is 0. The standard InChI is InChI=1S/C12H17NO3/c1-2-4-9-11(12(14)15)16-10(13-9)7-8-5-3-6-8/h8H,2-7H2,1H3,(H,14,15). The van der Waals surface area contributed by atoms with Gasteiger partial charge in [-0.05, 0) is 25.2 Å². The van der Waals surface area contributed by atoms with E-state index in [1.807, 2.05) is 6.92 Å². The van der Waals surface area contributed by atoms with Gasteiger partial charge in [0.1, 0.15) is 0 Å². The Balaban J connectivity index is 2.12. The largest absolute Gasteiger partial charge is 0.475 e. The quantitative estimate of drug-likeness (QED) is 0.833. The van der Waals surface area contributed by atoms with Crippen LogP contribution in [0.1, 0.15) is 54.7 Å². The van der Waals surface area contributed by atoms with Crippen LogP contribution in [0.4, 0.5) is 0 Å². The second-order valence-electron chi connectivity index (χ2n) is 4.44. The highest BCUT2D eigenvalue weighted by Gasteiger charge is 2.23. The van der Waals surface area contributed by atoms with Crippen LogP contribution in [0.15, 0.2) is 4.42 Å². The number of aromatic carboxylic acids is 1. The molecule has 0 saturated heterocycles. The van der Waals surface area contributed by atoms with Crippen molar-refractivity contribution in [2.75, 3.05) is 0 Å². The van der Waals surface area contributed by atoms with E-state index in [-0.39, 0.29) is 5.76 Å². The van der Waals surface area contributed by atoms with Crippen LogP contribution in [-0.2, 0) is 12.8 Å². The van der Waals surface area contributed by atoms with Crippen molar-refractivity contribution in [3.63, 3.8) is 0 Å². The number of carboxylic acid groups (broad SMARTS) is 1. The molecule has 0 atom stereocenters. The van der Waals surface area contributed by atoms with Gasteiger partial charge in [-0.3, -0.25) is 0 Å². The number of oxazole rings is 1. The maximum Gasteiger partial charge on any atom is 0.373 e. The molecule has 0 amide bonds. The van der Waals surface area contributed by atoms with E-state index in [2.05, 4.69) is 4.98 Å². The van der Waals surface area contributed by atoms with Crippen molar-refractivity contribution < 1.29 is 14.3 Å². The Morgan fingerprint density at radius 2 is 2.31 bits per heavy atom. The van der Waals surface area contributed by atoms with E-state index in [4.69, 9.17) is 9.52 Å². The van der Waals surface area contributed by atoms with Crippen LogP contribution in [0.2, 0.25) is 0 Å². The summed E-state index contributed by atoms with van der Waals surface area (Å²) in [5, 5.41) is 8.98. The van der Waals surface area contributed by atoms with Crippen molar-refractivity contribution in [3.8, 4) is 0 Å². The Labute approximate surface area is 94.7 Å². The van der Waals surface area contributed by atoms with E-state index >= 15 is 0 Å². The fourth-order valence-corrected chi connectivity index (χ4v) is 2.01. The van der Waals surface area contributed by atoms with E-state index in [9.17, 15) is 4.79 Å². The molecule has 16 heavy (non-hydrogen) atoms. The number of nitrogens with zero attached hydrogens (tertiary/aromatic N) is 1. The molecule has 0 aromatic carbocycles. The first-order valence-electron chi connectivity index (χ1n) is 5.92. The van der Waals surface area contributed by atoms with Gasteiger partial charge in [0.2, 0.25) is 5.76 Å². The Kier molecular flexibility index (Phi) is 3.27. The van der Waals surface area contributed by atoms with Crippen molar-refractivity contribution in [1.29, 1.82) is 0 Å². The van der Waals surface area contributed by atoms with Crippen LogP contribution in [0.5, 0.6) is 0 Å². The Morgan fingerprint density at radius 3 is 2.81 bits per heavy atom. The molecule has 1 fully saturated rings. The molecule has 1 aliphatic rings. The lowest BCUT2D eigenvalue weighted by atomic mass is 9.83. The van der Waals surface area contributed by atoms with Gasteiger partial charge >= 0.3 is 5.97 Å². The number of aromatic nitrogens is 1. The van der Waals surface area contributed by atoms with Gasteiger partial charge in [0.05, 0.1) is 5.69 Å². The van der Waals surface area contributed by atoms with Gasteiger partial charge in [0.15, 0.2) is 5.89 Å². The second kappa shape index (κ2) is 4.68. The van der Waals surface area contributed by atoms with Crippen molar-refractivity contribution >= 4 is 5.97 Å². The maximum absolute atomic E-state index is 10.9. The van der Waals surface area contributed by atoms with Gasteiger partial charge in [-0.15, -0.1) is 0 Å². The fourth-order valence-electron chi connectivity index (χ4n) is 2.01. The first-order valence-corrected chi connectivity index (χ1v) is 5.92. The minimum absolute atomic E-state index is 0.0381. The number of carboxylic acids is 1. The molecule has 0 unspecified atom stereocenters. The van der Waals surface area contributed by atoms with Crippen LogP contribution < -0.4 is 0 Å². The predicted octanol–water partition coefficient (Wildman–Crippen LogP) is 2.67. The highest BCUT2D eigenvalue weighted by molar-refractivity contribution is 5.85. The zero-order valence-electron chi connectivity index (χ0n) is 9.53. The molecule has 4 nitrogen and oxygen atoms in total. The lowest BCUT2D eigenvalue weighted by Gasteiger charge is -2.23. The highest BCUT2D eigenvalue weighted by Crippen LogP contribution is 2.30. The molecule has 0 radical (unpaired) electrons. The number of aryl methyl sites for hydroxylation is 1. The van der Waals surface area contributed by atoms with E-state index in [1.54, 1.807) is 0 Å². The predicted molar refractivity (Wildman–Crippen MR) is 58.5 cm³/mol. The maximum atomic E-state index is 10.9. The minimum atomic E-state index is -1.00. The SMILES string of the molecule is CCCc1nc(CC2CCC2)oc1C(=O)O. The molecule has 0 bridgehead atoms. The van der Waals surface area contributed by atoms with Gasteiger partial charge in [0, 0.05) is 6.42 Å². The molecular weight excluding hydrogens is 206 g/mol. The summed E-state index contributed by atoms with van der Waals surface area (Å²) in [6.07, 6.45) is 6.07. The molecule has 1 aromatic rings.